The van der Waals surface area contributed by atoms with Crippen LogP contribution in [0.5, 0.6) is 5.88 Å². The van der Waals surface area contributed by atoms with Crippen LogP contribution in [0, 0.1) is 0 Å². The molecule has 0 aliphatic heterocycles. The van der Waals surface area contributed by atoms with Crippen molar-refractivity contribution in [1.29, 1.82) is 0 Å². The Balaban J connectivity index is 2.42. The Morgan fingerprint density at radius 2 is 1.94 bits per heavy atom. The third-order valence-electron chi connectivity index (χ3n) is 2.52. The lowest BCUT2D eigenvalue weighted by molar-refractivity contribution is 0.393. The van der Waals surface area contributed by atoms with Crippen LogP contribution in [0.25, 0.3) is 11.1 Å². The Bertz CT molecular complexity index is 511. The van der Waals surface area contributed by atoms with Gasteiger partial charge in [-0.05, 0) is 23.8 Å². The van der Waals surface area contributed by atoms with Crippen molar-refractivity contribution in [2.45, 2.75) is 6.54 Å². The fourth-order valence-corrected chi connectivity index (χ4v) is 1.75. The van der Waals surface area contributed by atoms with Gasteiger partial charge in [-0.15, -0.1) is 0 Å². The summed E-state index contributed by atoms with van der Waals surface area (Å²) in [4.78, 5) is 4.23. The second-order valence-electron chi connectivity index (χ2n) is 3.60. The number of halogens is 1. The molecular formula is C13H13ClN2O. The summed E-state index contributed by atoms with van der Waals surface area (Å²) < 4.78 is 5.13. The molecule has 4 heteroatoms. The summed E-state index contributed by atoms with van der Waals surface area (Å²) in [7, 11) is 1.59. The van der Waals surface area contributed by atoms with Gasteiger partial charge in [-0.2, -0.15) is 0 Å². The van der Waals surface area contributed by atoms with Crippen molar-refractivity contribution in [3.05, 3.63) is 47.1 Å². The van der Waals surface area contributed by atoms with E-state index in [4.69, 9.17) is 22.1 Å². The zero-order valence-electron chi connectivity index (χ0n) is 9.48. The minimum atomic E-state index is 0.400. The Hall–Kier alpha value is -1.58. The lowest BCUT2D eigenvalue weighted by Gasteiger charge is -2.08. The number of nitrogens with zero attached hydrogens (tertiary/aromatic N) is 1. The predicted molar refractivity (Wildman–Crippen MR) is 69.1 cm³/mol. The Morgan fingerprint density at radius 3 is 2.53 bits per heavy atom. The second-order valence-corrected chi connectivity index (χ2v) is 4.04. The molecule has 0 bridgehead atoms. The SMILES string of the molecule is COc1ncc(-c2ccc(Cl)cc2)cc1CN. The first-order valence-electron chi connectivity index (χ1n) is 5.23. The average molecular weight is 249 g/mol. The van der Waals surface area contributed by atoms with Crippen molar-refractivity contribution in [2.75, 3.05) is 7.11 Å². The van der Waals surface area contributed by atoms with Crippen LogP contribution < -0.4 is 10.5 Å². The number of nitrogens with two attached hydrogens (primary N) is 1. The number of hydrogen-bond donors (Lipinski definition) is 1. The molecule has 3 nitrogen and oxygen atoms in total. The second kappa shape index (κ2) is 5.17. The molecule has 0 aliphatic carbocycles. The molecule has 0 spiro atoms. The van der Waals surface area contributed by atoms with Crippen LogP contribution in [-0.4, -0.2) is 12.1 Å². The van der Waals surface area contributed by atoms with Crippen molar-refractivity contribution < 1.29 is 4.74 Å². The van der Waals surface area contributed by atoms with Gasteiger partial charge in [0, 0.05) is 28.9 Å². The van der Waals surface area contributed by atoms with E-state index in [1.807, 2.05) is 30.3 Å². The zero-order chi connectivity index (χ0) is 12.3. The van der Waals surface area contributed by atoms with Gasteiger partial charge in [-0.1, -0.05) is 23.7 Å². The highest BCUT2D eigenvalue weighted by Gasteiger charge is 2.05. The van der Waals surface area contributed by atoms with Gasteiger partial charge in [0.15, 0.2) is 0 Å². The lowest BCUT2D eigenvalue weighted by atomic mass is 10.1. The fraction of sp³-hybridized carbons (Fsp3) is 0.154. The number of ether oxygens (including phenoxy) is 1. The standard InChI is InChI=1S/C13H13ClN2O/c1-17-13-10(7-15)6-11(8-16-13)9-2-4-12(14)5-3-9/h2-6,8H,7,15H2,1H3. The van der Waals surface area contributed by atoms with Crippen LogP contribution in [0.4, 0.5) is 0 Å². The normalized spacial score (nSPS) is 10.3. The van der Waals surface area contributed by atoms with Gasteiger partial charge in [0.05, 0.1) is 7.11 Å². The molecule has 0 saturated carbocycles. The van der Waals surface area contributed by atoms with Gasteiger partial charge in [-0.3, -0.25) is 0 Å². The quantitative estimate of drug-likeness (QED) is 0.909. The van der Waals surface area contributed by atoms with Gasteiger partial charge in [0.2, 0.25) is 5.88 Å². The number of pyridine rings is 1. The molecule has 17 heavy (non-hydrogen) atoms. The Kier molecular flexibility index (Phi) is 3.61. The van der Waals surface area contributed by atoms with Crippen molar-refractivity contribution >= 4 is 11.6 Å². The summed E-state index contributed by atoms with van der Waals surface area (Å²) in [5, 5.41) is 0.717. The maximum absolute atomic E-state index is 5.85. The summed E-state index contributed by atoms with van der Waals surface area (Å²) in [5.41, 5.74) is 8.60. The summed E-state index contributed by atoms with van der Waals surface area (Å²) in [6.45, 7) is 0.400. The molecule has 0 aliphatic rings. The van der Waals surface area contributed by atoms with Crippen molar-refractivity contribution in [2.24, 2.45) is 5.73 Å². The minimum absolute atomic E-state index is 0.400. The first-order chi connectivity index (χ1) is 8.24. The van der Waals surface area contributed by atoms with E-state index < -0.39 is 0 Å². The van der Waals surface area contributed by atoms with E-state index in [9.17, 15) is 0 Å². The van der Waals surface area contributed by atoms with E-state index in [0.29, 0.717) is 17.4 Å². The van der Waals surface area contributed by atoms with Gasteiger partial charge in [0.1, 0.15) is 0 Å². The average Bonchev–Trinajstić information content (AvgIpc) is 2.39. The molecular weight excluding hydrogens is 236 g/mol. The van der Waals surface area contributed by atoms with Crippen LogP contribution in [0.15, 0.2) is 36.5 Å². The monoisotopic (exact) mass is 248 g/mol. The van der Waals surface area contributed by atoms with Crippen LogP contribution in [-0.2, 0) is 6.54 Å². The highest BCUT2D eigenvalue weighted by Crippen LogP contribution is 2.25. The fourth-order valence-electron chi connectivity index (χ4n) is 1.63. The molecule has 0 radical (unpaired) electrons. The zero-order valence-corrected chi connectivity index (χ0v) is 10.2. The van der Waals surface area contributed by atoms with E-state index in [0.717, 1.165) is 16.7 Å². The van der Waals surface area contributed by atoms with Crippen molar-refractivity contribution in [3.63, 3.8) is 0 Å². The van der Waals surface area contributed by atoms with Crippen LogP contribution in [0.3, 0.4) is 0 Å². The van der Waals surface area contributed by atoms with Crippen LogP contribution in [0.1, 0.15) is 5.56 Å². The molecule has 0 atom stereocenters. The van der Waals surface area contributed by atoms with E-state index in [2.05, 4.69) is 4.98 Å². The van der Waals surface area contributed by atoms with Crippen LogP contribution >= 0.6 is 11.6 Å². The van der Waals surface area contributed by atoms with Crippen molar-refractivity contribution in [3.8, 4) is 17.0 Å². The first-order valence-corrected chi connectivity index (χ1v) is 5.61. The topological polar surface area (TPSA) is 48.1 Å². The van der Waals surface area contributed by atoms with Gasteiger partial charge in [0.25, 0.3) is 0 Å². The van der Waals surface area contributed by atoms with E-state index in [1.165, 1.54) is 0 Å². The molecule has 1 aromatic heterocycles. The summed E-state index contributed by atoms with van der Waals surface area (Å²) in [5.74, 6) is 0.574. The van der Waals surface area contributed by atoms with Gasteiger partial charge < -0.3 is 10.5 Å². The molecule has 0 unspecified atom stereocenters. The predicted octanol–water partition coefficient (Wildman–Crippen LogP) is 2.87. The summed E-state index contributed by atoms with van der Waals surface area (Å²) in [6.07, 6.45) is 1.77. The van der Waals surface area contributed by atoms with Crippen molar-refractivity contribution in [1.82, 2.24) is 4.98 Å². The number of methoxy groups -OCH3 is 1. The van der Waals surface area contributed by atoms with E-state index in [-0.39, 0.29) is 0 Å². The minimum Gasteiger partial charge on any atom is -0.481 e. The first kappa shape index (κ1) is 11.9. The lowest BCUT2D eigenvalue weighted by Crippen LogP contribution is -2.01. The summed E-state index contributed by atoms with van der Waals surface area (Å²) in [6, 6.07) is 9.58. The van der Waals surface area contributed by atoms with E-state index >= 15 is 0 Å². The largest absolute Gasteiger partial charge is 0.481 e. The molecule has 0 amide bonds. The molecule has 2 aromatic rings. The smallest absolute Gasteiger partial charge is 0.217 e. The third-order valence-corrected chi connectivity index (χ3v) is 2.77. The molecule has 2 N–H and O–H groups in total. The molecule has 1 heterocycles. The molecule has 0 fully saturated rings. The maximum atomic E-state index is 5.85. The summed E-state index contributed by atoms with van der Waals surface area (Å²) >= 11 is 5.85. The maximum Gasteiger partial charge on any atom is 0.217 e. The Labute approximate surface area is 105 Å². The Morgan fingerprint density at radius 1 is 1.24 bits per heavy atom. The molecule has 2 rings (SSSR count). The van der Waals surface area contributed by atoms with Gasteiger partial charge >= 0.3 is 0 Å². The highest BCUT2D eigenvalue weighted by molar-refractivity contribution is 6.30. The number of hydrogen-bond acceptors (Lipinski definition) is 3. The van der Waals surface area contributed by atoms with Crippen LogP contribution in [0.2, 0.25) is 5.02 Å². The number of benzene rings is 1. The number of aromatic nitrogens is 1. The highest BCUT2D eigenvalue weighted by atomic mass is 35.5. The number of rotatable bonds is 3. The molecule has 0 saturated heterocycles. The molecule has 88 valence electrons. The molecule has 1 aromatic carbocycles. The van der Waals surface area contributed by atoms with E-state index in [1.54, 1.807) is 13.3 Å². The third kappa shape index (κ3) is 2.57. The van der Waals surface area contributed by atoms with Gasteiger partial charge in [-0.25, -0.2) is 4.98 Å².